The van der Waals surface area contributed by atoms with Gasteiger partial charge in [0.25, 0.3) is 0 Å². The highest BCUT2D eigenvalue weighted by molar-refractivity contribution is 7.99. The number of aliphatic hydroxyl groups is 6. The van der Waals surface area contributed by atoms with E-state index in [1.165, 1.54) is 25.7 Å². The van der Waals surface area contributed by atoms with Crippen molar-refractivity contribution in [2.24, 2.45) is 22.9 Å². The SMILES string of the molecule is CCCCCCCCSC[C@H]1O[C@H](O[C@@H]2[C@@H](O)[C@H](O[C@H]3O[C@H](CN)[C@@H](O)[C@H](O)[C@H]3O)[C@@H](N)C[C@H]2N)[C@H](O)[C@@H](N)[C@@H]1O.Cl.Cl.Cl.Cl. The van der Waals surface area contributed by atoms with Crippen molar-refractivity contribution < 1.29 is 49.6 Å². The molecule has 3 fully saturated rings. The zero-order valence-electron chi connectivity index (χ0n) is 25.4. The van der Waals surface area contributed by atoms with Crippen LogP contribution < -0.4 is 22.9 Å². The molecular formula is C26H56Cl4N4O10S. The zero-order valence-corrected chi connectivity index (χ0v) is 29.5. The molecule has 14 N–H and O–H groups in total. The highest BCUT2D eigenvalue weighted by atomic mass is 35.5. The summed E-state index contributed by atoms with van der Waals surface area (Å²) < 4.78 is 23.2. The van der Waals surface area contributed by atoms with Crippen LogP contribution in [0.25, 0.3) is 0 Å². The smallest absolute Gasteiger partial charge is 0.187 e. The van der Waals surface area contributed by atoms with Crippen LogP contribution in [0.2, 0.25) is 0 Å². The summed E-state index contributed by atoms with van der Waals surface area (Å²) in [7, 11) is 0. The first-order valence-corrected chi connectivity index (χ1v) is 15.9. The second-order valence-electron chi connectivity index (χ2n) is 11.4. The van der Waals surface area contributed by atoms with Gasteiger partial charge in [-0.2, -0.15) is 11.8 Å². The van der Waals surface area contributed by atoms with E-state index >= 15 is 0 Å². The van der Waals surface area contributed by atoms with Gasteiger partial charge >= 0.3 is 0 Å². The quantitative estimate of drug-likeness (QED) is 0.0904. The molecule has 0 spiro atoms. The minimum atomic E-state index is -1.64. The summed E-state index contributed by atoms with van der Waals surface area (Å²) in [4.78, 5) is 0. The predicted octanol–water partition coefficient (Wildman–Crippen LogP) is -1.50. The van der Waals surface area contributed by atoms with Crippen molar-refractivity contribution in [1.29, 1.82) is 0 Å². The first-order chi connectivity index (χ1) is 19.5. The van der Waals surface area contributed by atoms with Gasteiger partial charge in [0, 0.05) is 24.4 Å². The maximum absolute atomic E-state index is 11.2. The molecule has 1 aliphatic carbocycles. The highest BCUT2D eigenvalue weighted by Gasteiger charge is 2.51. The fourth-order valence-corrected chi connectivity index (χ4v) is 6.65. The molecule has 19 heteroatoms. The molecule has 3 aliphatic rings. The third-order valence-electron chi connectivity index (χ3n) is 8.23. The Morgan fingerprint density at radius 2 is 1.16 bits per heavy atom. The van der Waals surface area contributed by atoms with Crippen LogP contribution in [0.5, 0.6) is 0 Å². The molecule has 0 amide bonds. The van der Waals surface area contributed by atoms with Crippen molar-refractivity contribution in [2.45, 2.75) is 144 Å². The van der Waals surface area contributed by atoms with Crippen LogP contribution in [0.3, 0.4) is 0 Å². The predicted molar refractivity (Wildman–Crippen MR) is 180 cm³/mol. The Bertz CT molecular complexity index is 783. The number of ether oxygens (including phenoxy) is 4. The number of hydrogen-bond acceptors (Lipinski definition) is 15. The molecule has 14 nitrogen and oxygen atoms in total. The van der Waals surface area contributed by atoms with E-state index in [9.17, 15) is 30.6 Å². The van der Waals surface area contributed by atoms with E-state index in [0.29, 0.717) is 5.75 Å². The van der Waals surface area contributed by atoms with Gasteiger partial charge in [-0.25, -0.2) is 0 Å². The summed E-state index contributed by atoms with van der Waals surface area (Å²) in [6, 6.07) is -2.63. The van der Waals surface area contributed by atoms with E-state index < -0.39 is 91.7 Å². The number of nitrogens with two attached hydrogens (primary N) is 4. The summed E-state index contributed by atoms with van der Waals surface area (Å²) in [5.41, 5.74) is 24.2. The monoisotopic (exact) mass is 756 g/mol. The standard InChI is InChI=1S/C26H52N4O10S.4ClH/c1-2-3-4-5-6-7-8-41-11-15-17(31)16(30)19(33)25(38-15)39-23-12(28)9-13(29)24(22(23)36)40-26-21(35)20(34)18(32)14(10-27)37-26;;;;/h12-26,31-36H,2-11,27-30H2,1H3;4*1H/t12-,13+,14-,15-,16+,17-,18-,19-,20+,21-,22-,23+,24-,25-,26-;;;;/m1..../s1. The van der Waals surface area contributed by atoms with Gasteiger partial charge in [0.15, 0.2) is 12.6 Å². The number of halogens is 4. The molecule has 0 aromatic heterocycles. The molecule has 274 valence electrons. The topological polar surface area (TPSA) is 262 Å². The van der Waals surface area contributed by atoms with Crippen molar-refractivity contribution in [3.63, 3.8) is 0 Å². The van der Waals surface area contributed by atoms with Crippen molar-refractivity contribution in [2.75, 3.05) is 18.1 Å². The summed E-state index contributed by atoms with van der Waals surface area (Å²) in [5, 5.41) is 63.2. The minimum Gasteiger partial charge on any atom is -0.389 e. The molecule has 0 aromatic carbocycles. The van der Waals surface area contributed by atoms with Crippen LogP contribution in [0.1, 0.15) is 51.9 Å². The zero-order chi connectivity index (χ0) is 30.3. The third-order valence-corrected chi connectivity index (χ3v) is 9.37. The van der Waals surface area contributed by atoms with Gasteiger partial charge in [-0.3, -0.25) is 0 Å². The Morgan fingerprint density at radius 1 is 0.644 bits per heavy atom. The van der Waals surface area contributed by atoms with Crippen LogP contribution in [0, 0.1) is 0 Å². The lowest BCUT2D eigenvalue weighted by atomic mass is 9.84. The highest BCUT2D eigenvalue weighted by Crippen LogP contribution is 2.32. The lowest BCUT2D eigenvalue weighted by Crippen LogP contribution is -2.68. The summed E-state index contributed by atoms with van der Waals surface area (Å²) >= 11 is 1.63. The molecular weight excluding hydrogens is 702 g/mol. The average molecular weight is 759 g/mol. The minimum absolute atomic E-state index is 0. The van der Waals surface area contributed by atoms with Crippen molar-refractivity contribution in [3.8, 4) is 0 Å². The Labute approximate surface area is 294 Å². The lowest BCUT2D eigenvalue weighted by Gasteiger charge is -2.48. The van der Waals surface area contributed by atoms with Gasteiger partial charge in [0.2, 0.25) is 0 Å². The second-order valence-corrected chi connectivity index (χ2v) is 12.6. The van der Waals surface area contributed by atoms with E-state index in [0.717, 1.165) is 18.6 Å². The number of thioether (sulfide) groups is 1. The summed E-state index contributed by atoms with van der Waals surface area (Å²) in [5.74, 6) is 1.34. The fraction of sp³-hybridized carbons (Fsp3) is 1.00. The molecule has 1 saturated carbocycles. The largest absolute Gasteiger partial charge is 0.389 e. The number of unbranched alkanes of at least 4 members (excludes halogenated alkanes) is 5. The molecule has 2 saturated heterocycles. The lowest BCUT2D eigenvalue weighted by molar-refractivity contribution is -0.330. The van der Waals surface area contributed by atoms with Crippen LogP contribution in [0.15, 0.2) is 0 Å². The molecule has 0 unspecified atom stereocenters. The van der Waals surface area contributed by atoms with Gasteiger partial charge in [-0.15, -0.1) is 49.6 Å². The van der Waals surface area contributed by atoms with E-state index in [4.69, 9.17) is 41.9 Å². The fourth-order valence-electron chi connectivity index (χ4n) is 5.57. The van der Waals surface area contributed by atoms with E-state index in [-0.39, 0.29) is 62.6 Å². The molecule has 2 aliphatic heterocycles. The number of rotatable bonds is 14. The Hall–Kier alpha value is 0.950. The maximum atomic E-state index is 11.2. The van der Waals surface area contributed by atoms with Crippen LogP contribution in [-0.4, -0.2) is 140 Å². The first kappa shape index (κ1) is 48.1. The number of aliphatic hydroxyl groups excluding tert-OH is 6. The third kappa shape index (κ3) is 12.7. The van der Waals surface area contributed by atoms with E-state index in [1.54, 1.807) is 11.8 Å². The van der Waals surface area contributed by atoms with Gasteiger partial charge in [0.1, 0.15) is 48.8 Å². The van der Waals surface area contributed by atoms with Crippen LogP contribution in [0.4, 0.5) is 0 Å². The van der Waals surface area contributed by atoms with Crippen LogP contribution in [-0.2, 0) is 18.9 Å². The first-order valence-electron chi connectivity index (χ1n) is 14.8. The van der Waals surface area contributed by atoms with Gasteiger partial charge in [0.05, 0.1) is 18.2 Å². The van der Waals surface area contributed by atoms with Crippen LogP contribution >= 0.6 is 61.4 Å². The van der Waals surface area contributed by atoms with Crippen molar-refractivity contribution in [1.82, 2.24) is 0 Å². The van der Waals surface area contributed by atoms with E-state index in [1.807, 2.05) is 0 Å². The molecule has 0 radical (unpaired) electrons. The molecule has 0 aromatic rings. The Kier molecular flexibility index (Phi) is 25.0. The molecule has 45 heavy (non-hydrogen) atoms. The molecule has 0 bridgehead atoms. The Balaban J connectivity index is 0. The van der Waals surface area contributed by atoms with Crippen molar-refractivity contribution >= 4 is 61.4 Å². The Morgan fingerprint density at radius 3 is 1.71 bits per heavy atom. The number of hydrogen-bond donors (Lipinski definition) is 10. The molecule has 3 rings (SSSR count). The van der Waals surface area contributed by atoms with Gasteiger partial charge in [-0.1, -0.05) is 39.0 Å². The van der Waals surface area contributed by atoms with Crippen molar-refractivity contribution in [3.05, 3.63) is 0 Å². The van der Waals surface area contributed by atoms with E-state index in [2.05, 4.69) is 6.92 Å². The average Bonchev–Trinajstić information content (AvgIpc) is 2.95. The molecule has 2 heterocycles. The maximum Gasteiger partial charge on any atom is 0.187 e. The van der Waals surface area contributed by atoms with Gasteiger partial charge in [-0.05, 0) is 18.6 Å². The second kappa shape index (κ2) is 23.4. The molecule has 15 atom stereocenters. The normalized spacial score (nSPS) is 41.5. The summed E-state index contributed by atoms with van der Waals surface area (Å²) in [6.45, 7) is 2.03. The van der Waals surface area contributed by atoms with Gasteiger partial charge < -0.3 is 72.5 Å². The summed E-state index contributed by atoms with van der Waals surface area (Å²) in [6.07, 6.45) is -8.16.